The van der Waals surface area contributed by atoms with Crippen molar-refractivity contribution in [1.82, 2.24) is 10.4 Å². The van der Waals surface area contributed by atoms with Crippen LogP contribution in [0.2, 0.25) is 0 Å². The lowest BCUT2D eigenvalue weighted by Crippen LogP contribution is -2.53. The maximum Gasteiger partial charge on any atom is 0.0966 e. The SMILES string of the molecule is CC1CCCC(C)N1NCC1OCCc2ccccc21. The molecule has 0 spiro atoms. The molecular formula is C17H26N2O. The van der Waals surface area contributed by atoms with Crippen molar-refractivity contribution < 1.29 is 4.74 Å². The number of piperidine rings is 1. The van der Waals surface area contributed by atoms with E-state index < -0.39 is 0 Å². The van der Waals surface area contributed by atoms with Crippen LogP contribution in [0.5, 0.6) is 0 Å². The van der Waals surface area contributed by atoms with Gasteiger partial charge in [0.2, 0.25) is 0 Å². The molecule has 3 nitrogen and oxygen atoms in total. The van der Waals surface area contributed by atoms with E-state index in [4.69, 9.17) is 4.74 Å². The third kappa shape index (κ3) is 2.90. The molecule has 0 aliphatic carbocycles. The Labute approximate surface area is 122 Å². The van der Waals surface area contributed by atoms with Gasteiger partial charge in [0, 0.05) is 18.6 Å². The van der Waals surface area contributed by atoms with E-state index in [1.54, 1.807) is 0 Å². The van der Waals surface area contributed by atoms with Crippen LogP contribution in [-0.2, 0) is 11.2 Å². The highest BCUT2D eigenvalue weighted by Gasteiger charge is 2.26. The number of ether oxygens (including phenoxy) is 1. The Morgan fingerprint density at radius 3 is 2.75 bits per heavy atom. The number of hydrazine groups is 1. The summed E-state index contributed by atoms with van der Waals surface area (Å²) >= 11 is 0. The summed E-state index contributed by atoms with van der Waals surface area (Å²) in [5.74, 6) is 0. The van der Waals surface area contributed by atoms with Crippen molar-refractivity contribution in [2.24, 2.45) is 0 Å². The van der Waals surface area contributed by atoms with Crippen LogP contribution in [0.25, 0.3) is 0 Å². The highest BCUT2D eigenvalue weighted by molar-refractivity contribution is 5.31. The first kappa shape index (κ1) is 14.1. The molecule has 2 heterocycles. The lowest BCUT2D eigenvalue weighted by Gasteiger charge is -2.40. The van der Waals surface area contributed by atoms with Crippen molar-refractivity contribution in [3.05, 3.63) is 35.4 Å². The number of fused-ring (bicyclic) bond motifs is 1. The lowest BCUT2D eigenvalue weighted by atomic mass is 9.97. The molecule has 0 radical (unpaired) electrons. The van der Waals surface area contributed by atoms with Crippen LogP contribution >= 0.6 is 0 Å². The Morgan fingerprint density at radius 1 is 1.20 bits per heavy atom. The van der Waals surface area contributed by atoms with Crippen LogP contribution < -0.4 is 5.43 Å². The van der Waals surface area contributed by atoms with E-state index in [-0.39, 0.29) is 6.10 Å². The van der Waals surface area contributed by atoms with E-state index >= 15 is 0 Å². The summed E-state index contributed by atoms with van der Waals surface area (Å²) in [6.07, 6.45) is 5.17. The molecule has 1 aromatic carbocycles. The zero-order chi connectivity index (χ0) is 13.9. The molecule has 3 unspecified atom stereocenters. The zero-order valence-corrected chi connectivity index (χ0v) is 12.6. The fourth-order valence-corrected chi connectivity index (χ4v) is 3.57. The van der Waals surface area contributed by atoms with Crippen molar-refractivity contribution in [3.8, 4) is 0 Å². The van der Waals surface area contributed by atoms with E-state index in [1.165, 1.54) is 30.4 Å². The molecule has 3 rings (SSSR count). The van der Waals surface area contributed by atoms with Gasteiger partial charge in [-0.25, -0.2) is 5.01 Å². The molecule has 1 fully saturated rings. The van der Waals surface area contributed by atoms with Crippen LogP contribution in [0.3, 0.4) is 0 Å². The number of hydrogen-bond acceptors (Lipinski definition) is 3. The number of benzene rings is 1. The second-order valence-electron chi connectivity index (χ2n) is 6.21. The second kappa shape index (κ2) is 6.25. The third-order valence-electron chi connectivity index (χ3n) is 4.75. The van der Waals surface area contributed by atoms with Crippen molar-refractivity contribution in [2.45, 2.75) is 57.7 Å². The predicted octanol–water partition coefficient (Wildman–Crippen LogP) is 3.07. The Balaban J connectivity index is 1.64. The first-order chi connectivity index (χ1) is 9.75. The molecule has 1 saturated heterocycles. The summed E-state index contributed by atoms with van der Waals surface area (Å²) in [7, 11) is 0. The molecule has 0 aromatic heterocycles. The monoisotopic (exact) mass is 274 g/mol. The van der Waals surface area contributed by atoms with Crippen LogP contribution in [0, 0.1) is 0 Å². The van der Waals surface area contributed by atoms with Gasteiger partial charge in [-0.15, -0.1) is 0 Å². The molecule has 2 aliphatic rings. The first-order valence-electron chi connectivity index (χ1n) is 7.97. The second-order valence-corrected chi connectivity index (χ2v) is 6.21. The Kier molecular flexibility index (Phi) is 4.39. The quantitative estimate of drug-likeness (QED) is 0.917. The van der Waals surface area contributed by atoms with Gasteiger partial charge in [-0.1, -0.05) is 30.7 Å². The Hall–Kier alpha value is -0.900. The molecule has 2 aliphatic heterocycles. The Morgan fingerprint density at radius 2 is 1.95 bits per heavy atom. The molecule has 3 heteroatoms. The van der Waals surface area contributed by atoms with Gasteiger partial charge in [0.15, 0.2) is 0 Å². The zero-order valence-electron chi connectivity index (χ0n) is 12.6. The number of hydrogen-bond donors (Lipinski definition) is 1. The predicted molar refractivity (Wildman–Crippen MR) is 81.5 cm³/mol. The largest absolute Gasteiger partial charge is 0.372 e. The van der Waals surface area contributed by atoms with E-state index in [9.17, 15) is 0 Å². The molecule has 3 atom stereocenters. The van der Waals surface area contributed by atoms with Crippen LogP contribution in [-0.4, -0.2) is 30.2 Å². The van der Waals surface area contributed by atoms with E-state index in [0.717, 1.165) is 19.6 Å². The summed E-state index contributed by atoms with van der Waals surface area (Å²) in [6.45, 7) is 6.36. The standard InChI is InChI=1S/C17H26N2O/c1-13-6-5-7-14(2)19(13)18-12-17-16-9-4-3-8-15(16)10-11-20-17/h3-4,8-9,13-14,17-18H,5-7,10-12H2,1-2H3. The molecule has 20 heavy (non-hydrogen) atoms. The molecule has 0 amide bonds. The minimum atomic E-state index is 0.196. The maximum absolute atomic E-state index is 5.98. The van der Waals surface area contributed by atoms with Crippen LogP contribution in [0.4, 0.5) is 0 Å². The fourth-order valence-electron chi connectivity index (χ4n) is 3.57. The summed E-state index contributed by atoms with van der Waals surface area (Å²) in [6, 6.07) is 9.94. The summed E-state index contributed by atoms with van der Waals surface area (Å²) in [5, 5.41) is 2.43. The van der Waals surface area contributed by atoms with Crippen molar-refractivity contribution in [2.75, 3.05) is 13.2 Å². The molecule has 1 N–H and O–H groups in total. The van der Waals surface area contributed by atoms with Gasteiger partial charge >= 0.3 is 0 Å². The third-order valence-corrected chi connectivity index (χ3v) is 4.75. The normalized spacial score (nSPS) is 31.0. The van der Waals surface area contributed by atoms with E-state index in [0.29, 0.717) is 12.1 Å². The molecule has 110 valence electrons. The summed E-state index contributed by atoms with van der Waals surface area (Å²) < 4.78 is 5.98. The smallest absolute Gasteiger partial charge is 0.0966 e. The number of nitrogens with one attached hydrogen (secondary N) is 1. The number of rotatable bonds is 3. The average Bonchev–Trinajstić information content (AvgIpc) is 2.47. The summed E-state index contributed by atoms with van der Waals surface area (Å²) in [4.78, 5) is 0. The average molecular weight is 274 g/mol. The minimum absolute atomic E-state index is 0.196. The fraction of sp³-hybridized carbons (Fsp3) is 0.647. The van der Waals surface area contributed by atoms with Gasteiger partial charge in [0.25, 0.3) is 0 Å². The van der Waals surface area contributed by atoms with Crippen molar-refractivity contribution in [1.29, 1.82) is 0 Å². The van der Waals surface area contributed by atoms with Crippen LogP contribution in [0.1, 0.15) is 50.3 Å². The van der Waals surface area contributed by atoms with Crippen molar-refractivity contribution >= 4 is 0 Å². The van der Waals surface area contributed by atoms with Crippen molar-refractivity contribution in [3.63, 3.8) is 0 Å². The lowest BCUT2D eigenvalue weighted by molar-refractivity contribution is -0.00534. The minimum Gasteiger partial charge on any atom is -0.372 e. The van der Waals surface area contributed by atoms with Crippen LogP contribution in [0.15, 0.2) is 24.3 Å². The summed E-state index contributed by atoms with van der Waals surface area (Å²) in [5.41, 5.74) is 6.45. The molecule has 0 bridgehead atoms. The van der Waals surface area contributed by atoms with Gasteiger partial charge in [-0.2, -0.15) is 0 Å². The van der Waals surface area contributed by atoms with Gasteiger partial charge in [-0.05, 0) is 44.2 Å². The first-order valence-corrected chi connectivity index (χ1v) is 7.97. The van der Waals surface area contributed by atoms with Gasteiger partial charge in [0.1, 0.15) is 0 Å². The maximum atomic E-state index is 5.98. The highest BCUT2D eigenvalue weighted by Crippen LogP contribution is 2.27. The molecule has 1 aromatic rings. The topological polar surface area (TPSA) is 24.5 Å². The number of nitrogens with zero attached hydrogens (tertiary/aromatic N) is 1. The van der Waals surface area contributed by atoms with E-state index in [1.807, 2.05) is 0 Å². The van der Waals surface area contributed by atoms with E-state index in [2.05, 4.69) is 48.5 Å². The highest BCUT2D eigenvalue weighted by atomic mass is 16.5. The van der Waals surface area contributed by atoms with Gasteiger partial charge in [-0.3, -0.25) is 5.43 Å². The Bertz CT molecular complexity index is 438. The molecule has 0 saturated carbocycles. The molecular weight excluding hydrogens is 248 g/mol. The van der Waals surface area contributed by atoms with Gasteiger partial charge in [0.05, 0.1) is 12.7 Å². The van der Waals surface area contributed by atoms with Gasteiger partial charge < -0.3 is 4.74 Å².